The summed E-state index contributed by atoms with van der Waals surface area (Å²) in [5, 5.41) is 19.3. The van der Waals surface area contributed by atoms with E-state index in [4.69, 9.17) is 9.52 Å². The van der Waals surface area contributed by atoms with Gasteiger partial charge in [0.2, 0.25) is 5.89 Å². The molecule has 5 nitrogen and oxygen atoms in total. The molecule has 5 heteroatoms. The molecule has 1 atom stereocenters. The number of aromatic nitrogens is 1. The van der Waals surface area contributed by atoms with Crippen LogP contribution in [-0.2, 0) is 0 Å². The second-order valence-electron chi connectivity index (χ2n) is 4.32. The summed E-state index contributed by atoms with van der Waals surface area (Å²) in [7, 11) is 0. The highest BCUT2D eigenvalue weighted by atomic mass is 16.4. The van der Waals surface area contributed by atoms with Gasteiger partial charge in [0.05, 0.1) is 5.56 Å². The first-order valence-corrected chi connectivity index (χ1v) is 6.02. The number of benzene rings is 2. The van der Waals surface area contributed by atoms with Gasteiger partial charge in [-0.25, -0.2) is 9.78 Å². The number of aliphatic hydroxyl groups is 1. The van der Waals surface area contributed by atoms with Crippen molar-refractivity contribution < 1.29 is 19.4 Å². The summed E-state index contributed by atoms with van der Waals surface area (Å²) < 4.78 is 5.45. The zero-order chi connectivity index (χ0) is 14.1. The van der Waals surface area contributed by atoms with E-state index in [9.17, 15) is 9.90 Å². The zero-order valence-electron chi connectivity index (χ0n) is 10.4. The number of aromatic carboxylic acids is 1. The molecule has 100 valence electrons. The van der Waals surface area contributed by atoms with Crippen LogP contribution >= 0.6 is 0 Å². The number of hydrogen-bond acceptors (Lipinski definition) is 4. The molecule has 20 heavy (non-hydrogen) atoms. The monoisotopic (exact) mass is 269 g/mol. The van der Waals surface area contributed by atoms with Crippen LogP contribution in [0.25, 0.3) is 11.1 Å². The van der Waals surface area contributed by atoms with Crippen molar-refractivity contribution in [1.82, 2.24) is 4.98 Å². The summed E-state index contributed by atoms with van der Waals surface area (Å²) >= 11 is 0. The minimum Gasteiger partial charge on any atom is -0.478 e. The maximum atomic E-state index is 11.1. The van der Waals surface area contributed by atoms with Gasteiger partial charge in [0.25, 0.3) is 0 Å². The van der Waals surface area contributed by atoms with Crippen LogP contribution in [0.1, 0.15) is 27.9 Å². The van der Waals surface area contributed by atoms with Crippen molar-refractivity contribution in [2.45, 2.75) is 6.10 Å². The van der Waals surface area contributed by atoms with E-state index in [1.165, 1.54) is 6.07 Å². The Kier molecular flexibility index (Phi) is 2.96. The fourth-order valence-corrected chi connectivity index (χ4v) is 2.03. The summed E-state index contributed by atoms with van der Waals surface area (Å²) in [6.07, 6.45) is -1.02. The number of nitrogens with zero attached hydrogens (tertiary/aromatic N) is 1. The molecule has 3 rings (SSSR count). The number of rotatable bonds is 3. The van der Waals surface area contributed by atoms with Crippen molar-refractivity contribution in [3.8, 4) is 0 Å². The average Bonchev–Trinajstić information content (AvgIpc) is 2.90. The number of carboxylic acid groups (broad SMARTS) is 1. The molecule has 0 aliphatic heterocycles. The van der Waals surface area contributed by atoms with Crippen LogP contribution in [0.3, 0.4) is 0 Å². The standard InChI is InChI=1S/C15H11NO4/c17-13(9-5-2-1-3-6-9)14-16-12-10(15(18)19)7-4-8-11(12)20-14/h1-8,13,17H,(H,18,19). The first-order valence-electron chi connectivity index (χ1n) is 6.02. The SMILES string of the molecule is O=C(O)c1cccc2oc(C(O)c3ccccc3)nc12. The number of fused-ring (bicyclic) bond motifs is 1. The lowest BCUT2D eigenvalue weighted by Crippen LogP contribution is -2.00. The van der Waals surface area contributed by atoms with Gasteiger partial charge in [0.1, 0.15) is 5.52 Å². The topological polar surface area (TPSA) is 83.6 Å². The molecule has 0 bridgehead atoms. The van der Waals surface area contributed by atoms with Crippen LogP contribution in [0.15, 0.2) is 52.9 Å². The predicted molar refractivity (Wildman–Crippen MR) is 71.5 cm³/mol. The first kappa shape index (κ1) is 12.4. The van der Waals surface area contributed by atoms with Crippen LogP contribution in [0, 0.1) is 0 Å². The molecule has 0 aliphatic carbocycles. The van der Waals surface area contributed by atoms with Crippen molar-refractivity contribution in [3.63, 3.8) is 0 Å². The van der Waals surface area contributed by atoms with Gasteiger partial charge in [-0.05, 0) is 17.7 Å². The molecule has 2 aromatic carbocycles. The summed E-state index contributed by atoms with van der Waals surface area (Å²) in [5.74, 6) is -0.996. The van der Waals surface area contributed by atoms with Gasteiger partial charge < -0.3 is 14.6 Å². The van der Waals surface area contributed by atoms with Gasteiger partial charge in [0, 0.05) is 0 Å². The molecule has 0 fully saturated rings. The van der Waals surface area contributed by atoms with E-state index in [1.54, 1.807) is 36.4 Å². The van der Waals surface area contributed by atoms with Crippen LogP contribution < -0.4 is 0 Å². The Morgan fingerprint density at radius 1 is 1.10 bits per heavy atom. The van der Waals surface area contributed by atoms with Crippen molar-refractivity contribution in [2.75, 3.05) is 0 Å². The van der Waals surface area contributed by atoms with Gasteiger partial charge in [-0.2, -0.15) is 0 Å². The highest BCUT2D eigenvalue weighted by Crippen LogP contribution is 2.26. The predicted octanol–water partition coefficient (Wildman–Crippen LogP) is 2.61. The highest BCUT2D eigenvalue weighted by molar-refractivity contribution is 6.00. The van der Waals surface area contributed by atoms with Crippen molar-refractivity contribution >= 4 is 17.1 Å². The molecule has 0 saturated carbocycles. The molecule has 0 amide bonds. The van der Waals surface area contributed by atoms with Gasteiger partial charge in [0.15, 0.2) is 11.7 Å². The third-order valence-corrected chi connectivity index (χ3v) is 3.02. The van der Waals surface area contributed by atoms with Crippen LogP contribution in [0.2, 0.25) is 0 Å². The number of oxazole rings is 1. The number of aliphatic hydroxyl groups excluding tert-OH is 1. The van der Waals surface area contributed by atoms with Crippen LogP contribution in [0.4, 0.5) is 0 Å². The molecule has 0 aliphatic rings. The molecule has 1 heterocycles. The number of para-hydroxylation sites is 1. The summed E-state index contributed by atoms with van der Waals surface area (Å²) in [5.41, 5.74) is 1.27. The first-order chi connectivity index (χ1) is 9.66. The third kappa shape index (κ3) is 2.04. The molecule has 1 aromatic heterocycles. The summed E-state index contributed by atoms with van der Waals surface area (Å²) in [6.45, 7) is 0. The molecular weight excluding hydrogens is 258 g/mol. The molecular formula is C15H11NO4. The normalized spacial score (nSPS) is 12.4. The molecule has 3 aromatic rings. The Morgan fingerprint density at radius 2 is 1.85 bits per heavy atom. The fourth-order valence-electron chi connectivity index (χ4n) is 2.03. The molecule has 1 unspecified atom stereocenters. The van der Waals surface area contributed by atoms with Crippen molar-refractivity contribution in [2.24, 2.45) is 0 Å². The number of hydrogen-bond donors (Lipinski definition) is 2. The van der Waals surface area contributed by atoms with E-state index in [0.29, 0.717) is 11.1 Å². The van der Waals surface area contributed by atoms with E-state index in [2.05, 4.69) is 4.98 Å². The minimum absolute atomic E-state index is 0.0535. The van der Waals surface area contributed by atoms with Gasteiger partial charge >= 0.3 is 5.97 Å². The highest BCUT2D eigenvalue weighted by Gasteiger charge is 2.20. The van der Waals surface area contributed by atoms with Crippen LogP contribution in [0.5, 0.6) is 0 Å². The van der Waals surface area contributed by atoms with Gasteiger partial charge in [-0.1, -0.05) is 36.4 Å². The fraction of sp³-hybridized carbons (Fsp3) is 0.0667. The van der Waals surface area contributed by atoms with E-state index in [0.717, 1.165) is 0 Å². The maximum Gasteiger partial charge on any atom is 0.338 e. The van der Waals surface area contributed by atoms with Crippen molar-refractivity contribution in [1.29, 1.82) is 0 Å². The summed E-state index contributed by atoms with van der Waals surface area (Å²) in [6, 6.07) is 13.6. The Morgan fingerprint density at radius 3 is 2.55 bits per heavy atom. The lowest BCUT2D eigenvalue weighted by molar-refractivity contribution is 0.0698. The van der Waals surface area contributed by atoms with E-state index in [1.807, 2.05) is 6.07 Å². The van der Waals surface area contributed by atoms with E-state index in [-0.39, 0.29) is 17.0 Å². The number of carbonyl (C=O) groups is 1. The lowest BCUT2D eigenvalue weighted by atomic mass is 10.1. The Labute approximate surface area is 114 Å². The molecule has 2 N–H and O–H groups in total. The quantitative estimate of drug-likeness (QED) is 0.763. The minimum atomic E-state index is -1.08. The Bertz CT molecular complexity index is 764. The van der Waals surface area contributed by atoms with Crippen LogP contribution in [-0.4, -0.2) is 21.2 Å². The molecule has 0 saturated heterocycles. The van der Waals surface area contributed by atoms with Gasteiger partial charge in [-0.3, -0.25) is 0 Å². The molecule has 0 radical (unpaired) electrons. The van der Waals surface area contributed by atoms with E-state index < -0.39 is 12.1 Å². The zero-order valence-corrected chi connectivity index (χ0v) is 10.4. The van der Waals surface area contributed by atoms with E-state index >= 15 is 0 Å². The second kappa shape index (κ2) is 4.79. The van der Waals surface area contributed by atoms with Crippen molar-refractivity contribution in [3.05, 3.63) is 65.5 Å². The number of carboxylic acids is 1. The Hall–Kier alpha value is -2.66. The Balaban J connectivity index is 2.10. The summed E-state index contributed by atoms with van der Waals surface area (Å²) in [4.78, 5) is 15.2. The molecule has 0 spiro atoms. The smallest absolute Gasteiger partial charge is 0.338 e. The van der Waals surface area contributed by atoms with Gasteiger partial charge in [-0.15, -0.1) is 0 Å². The largest absolute Gasteiger partial charge is 0.478 e. The average molecular weight is 269 g/mol. The maximum absolute atomic E-state index is 11.1. The third-order valence-electron chi connectivity index (χ3n) is 3.02. The second-order valence-corrected chi connectivity index (χ2v) is 4.32. The lowest BCUT2D eigenvalue weighted by Gasteiger charge is -2.05.